The molecule has 12 heteroatoms. The minimum Gasteiger partial charge on any atom is -0.437 e. The van der Waals surface area contributed by atoms with E-state index in [-0.39, 0.29) is 29.4 Å². The Bertz CT molecular complexity index is 1260. The molecule has 2 heterocycles. The number of methoxy groups -OCH3 is 1. The standard InChI is InChI=1S/C22H25FIN3O6S/c1-25-21(28)18-16-13-17(24)20(27(34(3,29)30)9-4-10-32-12-11-31-2)26-22(16)33-19(18)14-5-7-15(23)8-6-14/h5-8,13H,4,9-12H2,1-3H3,(H,25,28). The van der Waals surface area contributed by atoms with Gasteiger partial charge in [0.1, 0.15) is 11.6 Å². The van der Waals surface area contributed by atoms with Crippen LogP contribution >= 0.6 is 22.6 Å². The van der Waals surface area contributed by atoms with Crippen molar-refractivity contribution < 1.29 is 31.5 Å². The van der Waals surface area contributed by atoms with E-state index in [1.807, 2.05) is 22.6 Å². The Morgan fingerprint density at radius 1 is 1.24 bits per heavy atom. The van der Waals surface area contributed by atoms with Crippen molar-refractivity contribution in [3.05, 3.63) is 45.3 Å². The van der Waals surface area contributed by atoms with E-state index in [2.05, 4.69) is 10.3 Å². The minimum absolute atomic E-state index is 0.0957. The highest BCUT2D eigenvalue weighted by Gasteiger charge is 2.27. The summed E-state index contributed by atoms with van der Waals surface area (Å²) in [5, 5.41) is 3.00. The van der Waals surface area contributed by atoms with Crippen molar-refractivity contribution >= 4 is 55.4 Å². The number of hydrogen-bond acceptors (Lipinski definition) is 7. The molecule has 34 heavy (non-hydrogen) atoms. The van der Waals surface area contributed by atoms with E-state index in [4.69, 9.17) is 13.9 Å². The number of nitrogens with one attached hydrogen (secondary N) is 1. The largest absolute Gasteiger partial charge is 0.437 e. The normalized spacial score (nSPS) is 11.7. The van der Waals surface area contributed by atoms with E-state index in [0.29, 0.717) is 40.8 Å². The first-order valence-corrected chi connectivity index (χ1v) is 13.3. The highest BCUT2D eigenvalue weighted by Crippen LogP contribution is 2.36. The molecule has 0 aliphatic carbocycles. The molecule has 9 nitrogen and oxygen atoms in total. The first-order chi connectivity index (χ1) is 16.2. The molecule has 0 aliphatic rings. The summed E-state index contributed by atoms with van der Waals surface area (Å²) in [6.45, 7) is 1.37. The van der Waals surface area contributed by atoms with Gasteiger partial charge >= 0.3 is 0 Å². The second kappa shape index (κ2) is 11.4. The number of pyridine rings is 1. The molecule has 0 fully saturated rings. The van der Waals surface area contributed by atoms with Crippen LogP contribution < -0.4 is 9.62 Å². The third-order valence-corrected chi connectivity index (χ3v) is 6.85. The lowest BCUT2D eigenvalue weighted by Gasteiger charge is -2.22. The van der Waals surface area contributed by atoms with Crippen molar-refractivity contribution in [2.75, 3.05) is 51.1 Å². The molecular formula is C22H25FIN3O6S. The van der Waals surface area contributed by atoms with Crippen LogP contribution in [0.4, 0.5) is 10.2 Å². The van der Waals surface area contributed by atoms with Crippen LogP contribution in [0.25, 0.3) is 22.4 Å². The number of hydrogen-bond donors (Lipinski definition) is 1. The van der Waals surface area contributed by atoms with E-state index < -0.39 is 21.7 Å². The summed E-state index contributed by atoms with van der Waals surface area (Å²) >= 11 is 1.98. The van der Waals surface area contributed by atoms with Crippen molar-refractivity contribution in [1.29, 1.82) is 0 Å². The molecule has 1 aromatic carbocycles. The van der Waals surface area contributed by atoms with Crippen LogP contribution in [0.15, 0.2) is 34.7 Å². The second-order valence-corrected chi connectivity index (χ2v) is 10.4. The number of furan rings is 1. The van der Waals surface area contributed by atoms with Crippen LogP contribution in [-0.2, 0) is 19.5 Å². The number of fused-ring (bicyclic) bond motifs is 1. The third kappa shape index (κ3) is 6.03. The van der Waals surface area contributed by atoms with Crippen LogP contribution in [0.1, 0.15) is 16.8 Å². The van der Waals surface area contributed by atoms with E-state index >= 15 is 0 Å². The maximum atomic E-state index is 13.4. The first-order valence-electron chi connectivity index (χ1n) is 10.3. The molecule has 0 spiro atoms. The van der Waals surface area contributed by atoms with Crippen molar-refractivity contribution in [2.24, 2.45) is 0 Å². The van der Waals surface area contributed by atoms with Crippen molar-refractivity contribution in [3.8, 4) is 11.3 Å². The van der Waals surface area contributed by atoms with Gasteiger partial charge in [-0.1, -0.05) is 0 Å². The Morgan fingerprint density at radius 3 is 2.56 bits per heavy atom. The Hall–Kier alpha value is -2.29. The van der Waals surface area contributed by atoms with Crippen LogP contribution in [0.3, 0.4) is 0 Å². The zero-order chi connectivity index (χ0) is 24.9. The predicted molar refractivity (Wildman–Crippen MR) is 135 cm³/mol. The zero-order valence-electron chi connectivity index (χ0n) is 18.9. The summed E-state index contributed by atoms with van der Waals surface area (Å²) < 4.78 is 56.5. The highest BCUT2D eigenvalue weighted by atomic mass is 127. The molecule has 0 aliphatic heterocycles. The highest BCUT2D eigenvalue weighted by molar-refractivity contribution is 14.1. The molecule has 3 rings (SSSR count). The molecule has 0 atom stereocenters. The number of halogens is 2. The molecule has 0 unspecified atom stereocenters. The van der Waals surface area contributed by atoms with Gasteiger partial charge < -0.3 is 19.2 Å². The average molecular weight is 605 g/mol. The van der Waals surface area contributed by atoms with Gasteiger partial charge in [0.05, 0.1) is 34.0 Å². The number of anilines is 1. The number of aromatic nitrogens is 1. The van der Waals surface area contributed by atoms with Gasteiger partial charge in [0.25, 0.3) is 5.91 Å². The molecule has 3 aromatic rings. The molecule has 0 bridgehead atoms. The fourth-order valence-corrected chi connectivity index (χ4v) is 5.10. The number of sulfonamides is 1. The summed E-state index contributed by atoms with van der Waals surface area (Å²) in [6.07, 6.45) is 1.54. The summed E-state index contributed by atoms with van der Waals surface area (Å²) in [6, 6.07) is 7.18. The topological polar surface area (TPSA) is 111 Å². The Kier molecular flexibility index (Phi) is 8.84. The lowest BCUT2D eigenvalue weighted by atomic mass is 10.1. The van der Waals surface area contributed by atoms with Crippen LogP contribution in [0.2, 0.25) is 0 Å². The quantitative estimate of drug-likeness (QED) is 0.264. The van der Waals surface area contributed by atoms with Gasteiger partial charge in [-0.25, -0.2) is 12.8 Å². The van der Waals surface area contributed by atoms with Gasteiger partial charge in [-0.05, 0) is 59.3 Å². The molecule has 1 amide bonds. The fourth-order valence-electron chi connectivity index (χ4n) is 3.30. The Morgan fingerprint density at radius 2 is 1.94 bits per heavy atom. The van der Waals surface area contributed by atoms with Gasteiger partial charge in [-0.2, -0.15) is 4.98 Å². The number of rotatable bonds is 11. The predicted octanol–water partition coefficient (Wildman–Crippen LogP) is 3.42. The summed E-state index contributed by atoms with van der Waals surface area (Å²) in [5.41, 5.74) is 0.819. The lowest BCUT2D eigenvalue weighted by Crippen LogP contribution is -2.33. The average Bonchev–Trinajstić information content (AvgIpc) is 3.15. The number of carbonyl (C=O) groups is 1. The molecule has 0 saturated carbocycles. The monoisotopic (exact) mass is 605 g/mol. The third-order valence-electron chi connectivity index (χ3n) is 4.90. The maximum absolute atomic E-state index is 13.4. The van der Waals surface area contributed by atoms with E-state index in [0.717, 1.165) is 6.26 Å². The van der Waals surface area contributed by atoms with Crippen molar-refractivity contribution in [2.45, 2.75) is 6.42 Å². The zero-order valence-corrected chi connectivity index (χ0v) is 21.9. The van der Waals surface area contributed by atoms with Crippen LogP contribution in [0, 0.1) is 9.39 Å². The molecule has 1 N–H and O–H groups in total. The molecule has 0 radical (unpaired) electrons. The number of amides is 1. The summed E-state index contributed by atoms with van der Waals surface area (Å²) in [7, 11) is -0.602. The fraction of sp³-hybridized carbons (Fsp3) is 0.364. The van der Waals surface area contributed by atoms with E-state index in [1.165, 1.54) is 35.6 Å². The number of benzene rings is 1. The number of ether oxygens (including phenoxy) is 2. The molecule has 2 aromatic heterocycles. The second-order valence-electron chi connectivity index (χ2n) is 7.33. The van der Waals surface area contributed by atoms with Crippen LogP contribution in [0.5, 0.6) is 0 Å². The van der Waals surface area contributed by atoms with Crippen molar-refractivity contribution in [3.63, 3.8) is 0 Å². The van der Waals surface area contributed by atoms with Crippen molar-refractivity contribution in [1.82, 2.24) is 10.3 Å². The first kappa shape index (κ1) is 26.3. The smallest absolute Gasteiger partial charge is 0.255 e. The summed E-state index contributed by atoms with van der Waals surface area (Å²) in [4.78, 5) is 17.2. The van der Waals surface area contributed by atoms with E-state index in [1.54, 1.807) is 13.2 Å². The maximum Gasteiger partial charge on any atom is 0.255 e. The molecular weight excluding hydrogens is 580 g/mol. The molecule has 184 valence electrons. The minimum atomic E-state index is -3.66. The summed E-state index contributed by atoms with van der Waals surface area (Å²) in [5.74, 6) is -0.425. The van der Waals surface area contributed by atoms with Gasteiger partial charge in [0.2, 0.25) is 15.7 Å². The van der Waals surface area contributed by atoms with Crippen LogP contribution in [-0.4, -0.2) is 66.1 Å². The van der Waals surface area contributed by atoms with Gasteiger partial charge in [0.15, 0.2) is 5.82 Å². The SMILES string of the molecule is CNC(=O)c1c(-c2ccc(F)cc2)oc2nc(N(CCCOCCOC)S(C)(=O)=O)c(I)cc12. The number of nitrogens with zero attached hydrogens (tertiary/aromatic N) is 2. The molecule has 0 saturated heterocycles. The Balaban J connectivity index is 2.04. The van der Waals surface area contributed by atoms with Gasteiger partial charge in [-0.15, -0.1) is 0 Å². The van der Waals surface area contributed by atoms with Gasteiger partial charge in [0, 0.05) is 32.9 Å². The number of carbonyl (C=O) groups excluding carboxylic acids is 1. The van der Waals surface area contributed by atoms with Gasteiger partial charge in [-0.3, -0.25) is 9.10 Å². The van der Waals surface area contributed by atoms with E-state index in [9.17, 15) is 17.6 Å². The Labute approximate surface area is 210 Å². The lowest BCUT2D eigenvalue weighted by molar-refractivity contribution is 0.0703.